The molecule has 5 aromatic rings. The smallest absolute Gasteiger partial charge is 0.281 e. The van der Waals surface area contributed by atoms with Crippen LogP contribution < -0.4 is 10.9 Å². The number of carbonyl (C=O) groups excluding carboxylic acids is 1. The summed E-state index contributed by atoms with van der Waals surface area (Å²) in [5.74, 6) is 7.31. The summed E-state index contributed by atoms with van der Waals surface area (Å²) in [6.45, 7) is 14.5. The van der Waals surface area contributed by atoms with Crippen molar-refractivity contribution < 1.29 is 9.53 Å². The molecule has 0 spiro atoms. The second-order valence-corrected chi connectivity index (χ2v) is 18.0. The van der Waals surface area contributed by atoms with Crippen LogP contribution in [0, 0.1) is 11.8 Å². The summed E-state index contributed by atoms with van der Waals surface area (Å²) in [7, 11) is -1.29. The minimum atomic E-state index is -1.29. The Morgan fingerprint density at radius 2 is 2.00 bits per heavy atom. The number of hydrogen-bond donors (Lipinski definition) is 1. The zero-order valence-electron chi connectivity index (χ0n) is 26.3. The first kappa shape index (κ1) is 31.0. The highest BCUT2D eigenvalue weighted by atomic mass is 28.3. The number of carbonyl (C=O) groups is 1. The number of imidazole rings is 2. The molecule has 0 aliphatic rings. The average Bonchev–Trinajstić information content (AvgIpc) is 3.71. The van der Waals surface area contributed by atoms with Crippen LogP contribution >= 0.6 is 0 Å². The number of nitrogens with zero attached hydrogens (tertiary/aromatic N) is 7. The van der Waals surface area contributed by atoms with E-state index < -0.39 is 8.07 Å². The molecule has 12 heteroatoms. The van der Waals surface area contributed by atoms with E-state index in [4.69, 9.17) is 9.72 Å². The predicted octanol–water partition coefficient (Wildman–Crippen LogP) is 4.62. The van der Waals surface area contributed by atoms with Crippen LogP contribution in [0.5, 0.6) is 0 Å². The Bertz CT molecular complexity index is 1910. The molecule has 0 saturated heterocycles. The predicted molar refractivity (Wildman–Crippen MR) is 174 cm³/mol. The van der Waals surface area contributed by atoms with Gasteiger partial charge in [-0.25, -0.2) is 9.97 Å². The van der Waals surface area contributed by atoms with Gasteiger partial charge in [0.05, 0.1) is 11.8 Å². The summed E-state index contributed by atoms with van der Waals surface area (Å²) in [5.41, 5.74) is 2.93. The van der Waals surface area contributed by atoms with Gasteiger partial charge in [-0.15, -0.1) is 0 Å². The zero-order valence-corrected chi connectivity index (χ0v) is 27.3. The van der Waals surface area contributed by atoms with Crippen molar-refractivity contribution in [2.24, 2.45) is 0 Å². The summed E-state index contributed by atoms with van der Waals surface area (Å²) in [5, 5.41) is 7.42. The first-order chi connectivity index (χ1) is 21.1. The van der Waals surface area contributed by atoms with E-state index in [1.807, 2.05) is 54.3 Å². The molecule has 0 unspecified atom stereocenters. The summed E-state index contributed by atoms with van der Waals surface area (Å²) in [6, 6.07) is 8.33. The van der Waals surface area contributed by atoms with Crippen molar-refractivity contribution in [2.75, 3.05) is 6.61 Å². The maximum atomic E-state index is 13.8. The van der Waals surface area contributed by atoms with Crippen molar-refractivity contribution in [1.82, 2.24) is 38.6 Å². The highest BCUT2D eigenvalue weighted by Gasteiger charge is 2.22. The second-order valence-electron chi connectivity index (χ2n) is 12.4. The monoisotopic (exact) mass is 612 g/mol. The molecule has 4 heterocycles. The highest BCUT2D eigenvalue weighted by molar-refractivity contribution is 6.76. The van der Waals surface area contributed by atoms with Gasteiger partial charge in [0.15, 0.2) is 11.2 Å². The molecule has 5 rings (SSSR count). The molecule has 0 saturated carbocycles. The fraction of sp³-hybridized carbons (Fsp3) is 0.406. The lowest BCUT2D eigenvalue weighted by molar-refractivity contribution is 0.0907. The first-order valence-electron chi connectivity index (χ1n) is 15.0. The van der Waals surface area contributed by atoms with E-state index in [9.17, 15) is 9.59 Å². The van der Waals surface area contributed by atoms with E-state index in [0.717, 1.165) is 23.6 Å². The Balaban J connectivity index is 1.46. The van der Waals surface area contributed by atoms with Gasteiger partial charge in [0.25, 0.3) is 11.5 Å². The Morgan fingerprint density at radius 3 is 2.75 bits per heavy atom. The Kier molecular flexibility index (Phi) is 9.17. The molecule has 11 nitrogen and oxygen atoms in total. The zero-order chi connectivity index (χ0) is 31.4. The molecular weight excluding hydrogens is 572 g/mol. The van der Waals surface area contributed by atoms with Gasteiger partial charge in [-0.3, -0.25) is 27.8 Å². The SMILES string of the molecule is CCCn1c(=O)c2c(nc(-c3cnn(CC#Cc4cccc(C(=O)NC(C)C)c4)c3)n2COCC[Si](C)(C)C)n2ccnc12. The largest absolute Gasteiger partial charge is 0.361 e. The van der Waals surface area contributed by atoms with Crippen molar-refractivity contribution >= 4 is 30.9 Å². The minimum Gasteiger partial charge on any atom is -0.361 e. The van der Waals surface area contributed by atoms with Crippen molar-refractivity contribution in [3.63, 3.8) is 0 Å². The van der Waals surface area contributed by atoms with Gasteiger partial charge in [0.2, 0.25) is 5.78 Å². The molecule has 4 aromatic heterocycles. The molecule has 0 radical (unpaired) electrons. The summed E-state index contributed by atoms with van der Waals surface area (Å²) in [4.78, 5) is 35.6. The van der Waals surface area contributed by atoms with Gasteiger partial charge in [-0.05, 0) is 44.5 Å². The standard InChI is InChI=1S/C32H40N8O3Si/c1-7-14-39-31(42)27-29(38-16-13-33-32(38)39)36-28(40(27)22-43-17-18-44(4,5)6)26-20-34-37(21-26)15-9-11-24-10-8-12-25(19-24)30(41)35-23(2)3/h8,10,12-13,16,19-21,23H,7,14-15,17-18,22H2,1-6H3,(H,35,41). The van der Waals surface area contributed by atoms with E-state index in [1.165, 1.54) is 0 Å². The van der Waals surface area contributed by atoms with Crippen LogP contribution in [0.4, 0.5) is 0 Å². The number of fused-ring (bicyclic) bond motifs is 3. The number of rotatable bonds is 11. The van der Waals surface area contributed by atoms with Gasteiger partial charge in [-0.1, -0.05) is 44.5 Å². The molecule has 0 fully saturated rings. The van der Waals surface area contributed by atoms with Crippen molar-refractivity contribution in [3.8, 4) is 23.2 Å². The van der Waals surface area contributed by atoms with Crippen molar-refractivity contribution in [1.29, 1.82) is 0 Å². The molecule has 0 bridgehead atoms. The maximum absolute atomic E-state index is 13.8. The molecule has 1 N–H and O–H groups in total. The first-order valence-corrected chi connectivity index (χ1v) is 18.7. The van der Waals surface area contributed by atoms with Gasteiger partial charge < -0.3 is 10.1 Å². The molecular formula is C32H40N8O3Si. The molecule has 1 aromatic carbocycles. The van der Waals surface area contributed by atoms with Gasteiger partial charge >= 0.3 is 0 Å². The Labute approximate surface area is 257 Å². The van der Waals surface area contributed by atoms with E-state index in [0.29, 0.717) is 48.0 Å². The summed E-state index contributed by atoms with van der Waals surface area (Å²) < 4.78 is 13.3. The molecule has 44 heavy (non-hydrogen) atoms. The van der Waals surface area contributed by atoms with Crippen LogP contribution in [-0.4, -0.2) is 59.9 Å². The van der Waals surface area contributed by atoms with Crippen LogP contribution in [-0.2, 0) is 24.6 Å². The number of benzene rings is 1. The third-order valence-electron chi connectivity index (χ3n) is 7.06. The Hall–Kier alpha value is -4.47. The number of hydrogen-bond acceptors (Lipinski definition) is 6. The van der Waals surface area contributed by atoms with E-state index in [2.05, 4.69) is 46.9 Å². The van der Waals surface area contributed by atoms with Crippen LogP contribution in [0.2, 0.25) is 25.7 Å². The van der Waals surface area contributed by atoms with E-state index >= 15 is 0 Å². The minimum absolute atomic E-state index is 0.0551. The normalized spacial score (nSPS) is 11.8. The van der Waals surface area contributed by atoms with Gasteiger partial charge in [-0.2, -0.15) is 5.10 Å². The quantitative estimate of drug-likeness (QED) is 0.132. The topological polar surface area (TPSA) is 113 Å². The third-order valence-corrected chi connectivity index (χ3v) is 8.77. The molecule has 230 valence electrons. The number of nitrogens with one attached hydrogen (secondary N) is 1. The molecule has 0 atom stereocenters. The van der Waals surface area contributed by atoms with Crippen LogP contribution in [0.25, 0.3) is 28.3 Å². The second kappa shape index (κ2) is 13.0. The average molecular weight is 613 g/mol. The number of ether oxygens (including phenoxy) is 1. The fourth-order valence-electron chi connectivity index (χ4n) is 4.88. The summed E-state index contributed by atoms with van der Waals surface area (Å²) in [6.07, 6.45) is 7.92. The van der Waals surface area contributed by atoms with E-state index in [1.54, 1.807) is 33.8 Å². The number of aromatic nitrogens is 7. The molecule has 0 aliphatic carbocycles. The lowest BCUT2D eigenvalue weighted by Crippen LogP contribution is -2.30. The third kappa shape index (κ3) is 6.84. The van der Waals surface area contributed by atoms with Crippen molar-refractivity contribution in [3.05, 3.63) is 70.5 Å². The van der Waals surface area contributed by atoms with Crippen molar-refractivity contribution in [2.45, 2.75) is 78.7 Å². The van der Waals surface area contributed by atoms with Gasteiger partial charge in [0.1, 0.15) is 19.1 Å². The highest BCUT2D eigenvalue weighted by Crippen LogP contribution is 2.24. The lowest BCUT2D eigenvalue weighted by atomic mass is 10.1. The Morgan fingerprint density at radius 1 is 1.18 bits per heavy atom. The van der Waals surface area contributed by atoms with Crippen LogP contribution in [0.1, 0.15) is 43.1 Å². The van der Waals surface area contributed by atoms with E-state index in [-0.39, 0.29) is 24.2 Å². The van der Waals surface area contributed by atoms with Crippen LogP contribution in [0.3, 0.4) is 0 Å². The molecule has 1 amide bonds. The lowest BCUT2D eigenvalue weighted by Gasteiger charge is -2.16. The number of aryl methyl sites for hydroxylation is 1. The fourth-order valence-corrected chi connectivity index (χ4v) is 5.63. The molecule has 0 aliphatic heterocycles. The summed E-state index contributed by atoms with van der Waals surface area (Å²) >= 11 is 0. The maximum Gasteiger partial charge on any atom is 0.281 e. The van der Waals surface area contributed by atoms with Gasteiger partial charge in [0, 0.05) is 57.0 Å². The van der Waals surface area contributed by atoms with Crippen LogP contribution in [0.15, 0.2) is 53.8 Å². The number of amides is 1.